The van der Waals surface area contributed by atoms with Crippen molar-refractivity contribution in [2.24, 2.45) is 10.8 Å². The Morgan fingerprint density at radius 1 is 0.852 bits per heavy atom. The molecule has 2 saturated heterocycles. The second-order valence-corrected chi connectivity index (χ2v) is 8.07. The Kier molecular flexibility index (Phi) is 4.82. The molecule has 3 N–H and O–H groups in total. The van der Waals surface area contributed by atoms with Gasteiger partial charge >= 0.3 is 0 Å². The smallest absolute Gasteiger partial charge is 0.0949 e. The third-order valence-electron chi connectivity index (χ3n) is 6.33. The number of piperidine rings is 1. The summed E-state index contributed by atoms with van der Waals surface area (Å²) in [6.45, 7) is 0.545. The van der Waals surface area contributed by atoms with Crippen molar-refractivity contribution in [3.05, 3.63) is 71.8 Å². The summed E-state index contributed by atoms with van der Waals surface area (Å²) in [5.41, 5.74) is 0.0480. The zero-order chi connectivity index (χ0) is 19.1. The quantitative estimate of drug-likeness (QED) is 0.766. The van der Waals surface area contributed by atoms with Gasteiger partial charge in [0.05, 0.1) is 42.4 Å². The highest BCUT2D eigenvalue weighted by Gasteiger charge is 2.66. The van der Waals surface area contributed by atoms with Crippen LogP contribution in [0.2, 0.25) is 0 Å². The Bertz CT molecular complexity index is 707. The number of likely N-dealkylation sites (tertiary alicyclic amines) is 1. The predicted molar refractivity (Wildman–Crippen MR) is 102 cm³/mol. The van der Waals surface area contributed by atoms with E-state index in [1.54, 1.807) is 0 Å². The van der Waals surface area contributed by atoms with Gasteiger partial charge in [-0.25, -0.2) is 0 Å². The summed E-state index contributed by atoms with van der Waals surface area (Å²) in [7, 11) is 1.97. The molecule has 0 amide bonds. The van der Waals surface area contributed by atoms with Crippen molar-refractivity contribution in [1.82, 2.24) is 4.90 Å². The number of benzene rings is 2. The number of aliphatic hydroxyl groups is 3. The van der Waals surface area contributed by atoms with Crippen LogP contribution < -0.4 is 0 Å². The van der Waals surface area contributed by atoms with E-state index >= 15 is 0 Å². The van der Waals surface area contributed by atoms with Crippen molar-refractivity contribution < 1.29 is 20.1 Å². The van der Waals surface area contributed by atoms with Crippen LogP contribution in [0.25, 0.3) is 0 Å². The van der Waals surface area contributed by atoms with Gasteiger partial charge in [-0.15, -0.1) is 0 Å². The lowest BCUT2D eigenvalue weighted by molar-refractivity contribution is -0.310. The monoisotopic (exact) mass is 369 g/mol. The summed E-state index contributed by atoms with van der Waals surface area (Å²) in [5, 5.41) is 32.4. The van der Waals surface area contributed by atoms with Crippen molar-refractivity contribution in [2.75, 3.05) is 33.4 Å². The Morgan fingerprint density at radius 3 is 1.63 bits per heavy atom. The van der Waals surface area contributed by atoms with Crippen LogP contribution in [0.5, 0.6) is 0 Å². The molecule has 0 saturated carbocycles. The third-order valence-corrected chi connectivity index (χ3v) is 6.33. The Labute approximate surface area is 159 Å². The Hall–Kier alpha value is -1.76. The lowest BCUT2D eigenvalue weighted by Crippen LogP contribution is -2.71. The van der Waals surface area contributed by atoms with E-state index in [1.165, 1.54) is 0 Å². The molecule has 0 aliphatic carbocycles. The molecule has 2 aromatic rings. The minimum atomic E-state index is -0.902. The highest BCUT2D eigenvalue weighted by Crippen LogP contribution is 2.60. The van der Waals surface area contributed by atoms with Crippen molar-refractivity contribution in [3.8, 4) is 0 Å². The van der Waals surface area contributed by atoms with Crippen LogP contribution in [0.15, 0.2) is 60.7 Å². The Balaban J connectivity index is 1.89. The molecule has 0 aromatic heterocycles. The molecule has 144 valence electrons. The molecule has 5 heteroatoms. The molecule has 4 rings (SSSR count). The lowest BCUT2D eigenvalue weighted by Gasteiger charge is -2.63. The first kappa shape index (κ1) is 18.6. The predicted octanol–water partition coefficient (Wildman–Crippen LogP) is 1.76. The molecular formula is C22H27NO4. The van der Waals surface area contributed by atoms with Crippen LogP contribution in [0.1, 0.15) is 23.3 Å². The summed E-state index contributed by atoms with van der Waals surface area (Å²) in [5.74, 6) is 0. The summed E-state index contributed by atoms with van der Waals surface area (Å²) in [6, 6.07) is 19.5. The molecule has 2 aliphatic heterocycles. The molecule has 0 spiro atoms. The van der Waals surface area contributed by atoms with Gasteiger partial charge in [0.15, 0.2) is 0 Å². The first-order chi connectivity index (χ1) is 13.1. The largest absolute Gasteiger partial charge is 0.396 e. The number of rotatable bonds is 4. The van der Waals surface area contributed by atoms with Gasteiger partial charge in [-0.2, -0.15) is 0 Å². The van der Waals surface area contributed by atoms with E-state index in [-0.39, 0.29) is 13.2 Å². The fourth-order valence-electron chi connectivity index (χ4n) is 5.18. The molecule has 0 unspecified atom stereocenters. The lowest BCUT2D eigenvalue weighted by atomic mass is 9.56. The summed E-state index contributed by atoms with van der Waals surface area (Å²) in [4.78, 5) is 2.09. The highest BCUT2D eigenvalue weighted by atomic mass is 16.5. The maximum absolute atomic E-state index is 11.5. The van der Waals surface area contributed by atoms with E-state index in [0.29, 0.717) is 13.1 Å². The first-order valence-electron chi connectivity index (χ1n) is 9.41. The number of hydrogen-bond donors (Lipinski definition) is 3. The maximum atomic E-state index is 11.5. The third kappa shape index (κ3) is 2.73. The van der Waals surface area contributed by atoms with E-state index in [4.69, 9.17) is 4.74 Å². The summed E-state index contributed by atoms with van der Waals surface area (Å²) in [6.07, 6.45) is -1.86. The van der Waals surface area contributed by atoms with Crippen LogP contribution in [-0.4, -0.2) is 59.7 Å². The second-order valence-electron chi connectivity index (χ2n) is 8.07. The minimum Gasteiger partial charge on any atom is -0.396 e. The van der Waals surface area contributed by atoms with Gasteiger partial charge in [0.2, 0.25) is 0 Å². The number of hydrogen-bond acceptors (Lipinski definition) is 5. The van der Waals surface area contributed by atoms with E-state index in [9.17, 15) is 15.3 Å². The standard InChI is InChI=1S/C22H27NO4/c1-23-12-21(14-24)18(16-8-4-2-5-9-16)27-19(17-10-6-3-7-11-17)22(13-23,15-25)20(21)26/h2-11,18-20,24-26H,12-15H2,1H3/t18-,19-,21+,22+/m1/s1. The van der Waals surface area contributed by atoms with Crippen LogP contribution in [-0.2, 0) is 4.74 Å². The van der Waals surface area contributed by atoms with Gasteiger partial charge in [-0.05, 0) is 18.2 Å². The van der Waals surface area contributed by atoms with Gasteiger partial charge in [0.1, 0.15) is 0 Å². The van der Waals surface area contributed by atoms with Crippen molar-refractivity contribution in [2.45, 2.75) is 18.3 Å². The average Bonchev–Trinajstić information content (AvgIpc) is 2.71. The topological polar surface area (TPSA) is 73.2 Å². The van der Waals surface area contributed by atoms with E-state index in [0.717, 1.165) is 11.1 Å². The zero-order valence-corrected chi connectivity index (χ0v) is 15.5. The molecule has 2 heterocycles. The summed E-state index contributed by atoms with van der Waals surface area (Å²) >= 11 is 0. The molecule has 2 bridgehead atoms. The van der Waals surface area contributed by atoms with Gasteiger partial charge < -0.3 is 25.0 Å². The van der Waals surface area contributed by atoms with Crippen molar-refractivity contribution in [3.63, 3.8) is 0 Å². The average molecular weight is 369 g/mol. The number of nitrogens with zero attached hydrogens (tertiary/aromatic N) is 1. The van der Waals surface area contributed by atoms with Gasteiger partial charge in [0, 0.05) is 13.1 Å². The summed E-state index contributed by atoms with van der Waals surface area (Å²) < 4.78 is 6.63. The molecule has 27 heavy (non-hydrogen) atoms. The van der Waals surface area contributed by atoms with Crippen molar-refractivity contribution >= 4 is 0 Å². The Morgan fingerprint density at radius 2 is 1.26 bits per heavy atom. The van der Waals surface area contributed by atoms with Gasteiger partial charge in [-0.1, -0.05) is 60.7 Å². The minimum absolute atomic E-state index is 0.221. The number of ether oxygens (including phenoxy) is 1. The van der Waals surface area contributed by atoms with Crippen LogP contribution in [0.3, 0.4) is 0 Å². The van der Waals surface area contributed by atoms with Crippen LogP contribution in [0.4, 0.5) is 0 Å². The molecule has 2 aromatic carbocycles. The fourth-order valence-corrected chi connectivity index (χ4v) is 5.18. The number of aliphatic hydroxyl groups excluding tert-OH is 3. The first-order valence-corrected chi connectivity index (χ1v) is 9.41. The van der Waals surface area contributed by atoms with E-state index in [1.807, 2.05) is 67.7 Å². The normalized spacial score (nSPS) is 36.5. The van der Waals surface area contributed by atoms with Gasteiger partial charge in [-0.3, -0.25) is 0 Å². The second kappa shape index (κ2) is 7.00. The van der Waals surface area contributed by atoms with Crippen LogP contribution in [0, 0.1) is 10.8 Å². The number of fused-ring (bicyclic) bond motifs is 2. The van der Waals surface area contributed by atoms with E-state index < -0.39 is 29.1 Å². The molecule has 2 aliphatic rings. The maximum Gasteiger partial charge on any atom is 0.0949 e. The molecule has 4 atom stereocenters. The van der Waals surface area contributed by atoms with Gasteiger partial charge in [0.25, 0.3) is 0 Å². The zero-order valence-electron chi connectivity index (χ0n) is 15.5. The highest BCUT2D eigenvalue weighted by molar-refractivity contribution is 5.30. The molecule has 5 nitrogen and oxygen atoms in total. The molecular weight excluding hydrogens is 342 g/mol. The molecule has 0 radical (unpaired) electrons. The fraction of sp³-hybridized carbons (Fsp3) is 0.455. The van der Waals surface area contributed by atoms with Crippen LogP contribution >= 0.6 is 0 Å². The SMILES string of the molecule is CN1C[C@@]2(CO)C(O)[C@](CO)(C1)[C@@H](c1ccccc1)O[C@@H]2c1ccccc1. The van der Waals surface area contributed by atoms with Crippen molar-refractivity contribution in [1.29, 1.82) is 0 Å². The molecule has 2 fully saturated rings. The van der Waals surface area contributed by atoms with E-state index in [2.05, 4.69) is 4.90 Å².